The van der Waals surface area contributed by atoms with Gasteiger partial charge in [0.2, 0.25) is 0 Å². The molecular formula is C23H16F2N4. The van der Waals surface area contributed by atoms with Crippen LogP contribution in [0, 0.1) is 18.6 Å². The van der Waals surface area contributed by atoms with Gasteiger partial charge in [-0.25, -0.2) is 13.8 Å². The molecule has 0 saturated heterocycles. The number of imidazole rings is 1. The van der Waals surface area contributed by atoms with Crippen molar-refractivity contribution in [2.45, 2.75) is 13.5 Å². The number of halogens is 2. The average molecular weight is 386 g/mol. The van der Waals surface area contributed by atoms with Gasteiger partial charge in [-0.3, -0.25) is 9.97 Å². The molecule has 0 aliphatic rings. The highest BCUT2D eigenvalue weighted by molar-refractivity contribution is 5.84. The maximum atomic E-state index is 14.2. The van der Waals surface area contributed by atoms with Gasteiger partial charge >= 0.3 is 0 Å². The van der Waals surface area contributed by atoms with Crippen LogP contribution >= 0.6 is 0 Å². The number of benzene rings is 2. The van der Waals surface area contributed by atoms with Crippen LogP contribution in [-0.2, 0) is 6.54 Å². The van der Waals surface area contributed by atoms with Gasteiger partial charge in [0.05, 0.1) is 17.6 Å². The summed E-state index contributed by atoms with van der Waals surface area (Å²) in [7, 11) is 0. The topological polar surface area (TPSA) is 43.6 Å². The fourth-order valence-corrected chi connectivity index (χ4v) is 3.66. The summed E-state index contributed by atoms with van der Waals surface area (Å²) in [6, 6.07) is 14.3. The number of hydrogen-bond acceptors (Lipinski definition) is 3. The molecule has 6 heteroatoms. The van der Waals surface area contributed by atoms with Crippen molar-refractivity contribution in [1.82, 2.24) is 19.5 Å². The lowest BCUT2D eigenvalue weighted by Crippen LogP contribution is -2.05. The smallest absolute Gasteiger partial charge is 0.184 e. The predicted molar refractivity (Wildman–Crippen MR) is 108 cm³/mol. The molecule has 4 nitrogen and oxygen atoms in total. The van der Waals surface area contributed by atoms with Crippen molar-refractivity contribution in [1.29, 1.82) is 0 Å². The second-order valence-electron chi connectivity index (χ2n) is 6.93. The number of nitrogens with zero attached hydrogens (tertiary/aromatic N) is 4. The molecule has 0 fully saturated rings. The van der Waals surface area contributed by atoms with Gasteiger partial charge in [0.25, 0.3) is 0 Å². The molecule has 0 N–H and O–H groups in total. The van der Waals surface area contributed by atoms with Gasteiger partial charge in [0.1, 0.15) is 11.3 Å². The molecule has 5 aromatic rings. The van der Waals surface area contributed by atoms with E-state index < -0.39 is 11.6 Å². The van der Waals surface area contributed by atoms with Crippen LogP contribution in [0.4, 0.5) is 8.78 Å². The quantitative estimate of drug-likeness (QED) is 0.424. The van der Waals surface area contributed by atoms with E-state index in [1.54, 1.807) is 18.5 Å². The largest absolute Gasteiger partial charge is 0.319 e. The van der Waals surface area contributed by atoms with Crippen molar-refractivity contribution < 1.29 is 8.78 Å². The summed E-state index contributed by atoms with van der Waals surface area (Å²) in [4.78, 5) is 13.1. The van der Waals surface area contributed by atoms with Gasteiger partial charge in [0, 0.05) is 29.5 Å². The van der Waals surface area contributed by atoms with E-state index in [0.717, 1.165) is 39.6 Å². The lowest BCUT2D eigenvalue weighted by Gasteiger charge is -2.13. The third-order valence-electron chi connectivity index (χ3n) is 5.16. The minimum atomic E-state index is -0.928. The molecule has 2 aromatic carbocycles. The summed E-state index contributed by atoms with van der Waals surface area (Å²) >= 11 is 0. The zero-order valence-electron chi connectivity index (χ0n) is 15.6. The number of fused-ring (bicyclic) bond motifs is 2. The van der Waals surface area contributed by atoms with Crippen LogP contribution in [0.2, 0.25) is 0 Å². The predicted octanol–water partition coefficient (Wildman–Crippen LogP) is 5.28. The molecule has 3 heterocycles. The first-order valence-electron chi connectivity index (χ1n) is 9.21. The van der Waals surface area contributed by atoms with E-state index >= 15 is 0 Å². The molecular weight excluding hydrogens is 370 g/mol. The Bertz CT molecular complexity index is 1370. The van der Waals surface area contributed by atoms with E-state index in [-0.39, 0.29) is 5.52 Å². The van der Waals surface area contributed by atoms with E-state index in [9.17, 15) is 8.78 Å². The molecule has 29 heavy (non-hydrogen) atoms. The number of aryl methyl sites for hydroxylation is 1. The van der Waals surface area contributed by atoms with Crippen molar-refractivity contribution in [2.75, 3.05) is 0 Å². The van der Waals surface area contributed by atoms with Crippen LogP contribution < -0.4 is 0 Å². The van der Waals surface area contributed by atoms with Crippen LogP contribution in [-0.4, -0.2) is 19.5 Å². The summed E-state index contributed by atoms with van der Waals surface area (Å²) in [5.74, 6) is -1.05. The van der Waals surface area contributed by atoms with Gasteiger partial charge in [-0.05, 0) is 54.4 Å². The lowest BCUT2D eigenvalue weighted by molar-refractivity contribution is 0.515. The monoisotopic (exact) mass is 386 g/mol. The van der Waals surface area contributed by atoms with E-state index in [2.05, 4.69) is 14.5 Å². The maximum absolute atomic E-state index is 14.2. The molecule has 0 spiro atoms. The van der Waals surface area contributed by atoms with Crippen molar-refractivity contribution in [3.63, 3.8) is 0 Å². The van der Waals surface area contributed by atoms with Crippen LogP contribution in [0.3, 0.4) is 0 Å². The number of pyridine rings is 2. The van der Waals surface area contributed by atoms with Crippen LogP contribution in [0.1, 0.15) is 11.1 Å². The van der Waals surface area contributed by atoms with Gasteiger partial charge in [-0.1, -0.05) is 12.1 Å². The number of hydrogen-bond donors (Lipinski definition) is 0. The van der Waals surface area contributed by atoms with Crippen LogP contribution in [0.5, 0.6) is 0 Å². The standard InChI is InChI=1S/C23H16F2N4/c1-14-8-10-26-12-17(14)23-28-19-4-2-3-5-20(19)29(23)13-15-9-11-27-22-16(15)6-7-18(24)21(22)25/h2-12H,13H2,1H3. The second kappa shape index (κ2) is 6.74. The Morgan fingerprint density at radius 1 is 0.966 bits per heavy atom. The third kappa shape index (κ3) is 2.84. The Morgan fingerprint density at radius 2 is 1.83 bits per heavy atom. The first-order chi connectivity index (χ1) is 14.1. The molecule has 0 atom stereocenters. The summed E-state index contributed by atoms with van der Waals surface area (Å²) in [6.45, 7) is 2.45. The molecule has 0 unspecified atom stereocenters. The zero-order valence-corrected chi connectivity index (χ0v) is 15.6. The molecule has 0 aliphatic carbocycles. The number of para-hydroxylation sites is 2. The van der Waals surface area contributed by atoms with Gasteiger partial charge < -0.3 is 4.57 Å². The fraction of sp³-hybridized carbons (Fsp3) is 0.0870. The Balaban J connectivity index is 1.74. The van der Waals surface area contributed by atoms with Crippen molar-refractivity contribution in [3.8, 4) is 11.4 Å². The minimum Gasteiger partial charge on any atom is -0.319 e. The first kappa shape index (κ1) is 17.4. The van der Waals surface area contributed by atoms with Crippen molar-refractivity contribution >= 4 is 21.9 Å². The maximum Gasteiger partial charge on any atom is 0.184 e. The van der Waals surface area contributed by atoms with Gasteiger partial charge in [0.15, 0.2) is 11.6 Å². The lowest BCUT2D eigenvalue weighted by atomic mass is 10.1. The normalized spacial score (nSPS) is 11.4. The second-order valence-corrected chi connectivity index (χ2v) is 6.93. The van der Waals surface area contributed by atoms with Crippen LogP contribution in [0.15, 0.2) is 67.1 Å². The van der Waals surface area contributed by atoms with Crippen LogP contribution in [0.25, 0.3) is 33.3 Å². The Hall–Kier alpha value is -3.67. The molecule has 0 saturated carbocycles. The Morgan fingerprint density at radius 3 is 2.69 bits per heavy atom. The molecule has 0 amide bonds. The molecule has 142 valence electrons. The van der Waals surface area contributed by atoms with Crippen molar-refractivity contribution in [2.24, 2.45) is 0 Å². The summed E-state index contributed by atoms with van der Waals surface area (Å²) < 4.78 is 30.0. The summed E-state index contributed by atoms with van der Waals surface area (Å²) in [6.07, 6.45) is 5.06. The molecule has 0 radical (unpaired) electrons. The summed E-state index contributed by atoms with van der Waals surface area (Å²) in [5, 5.41) is 0.582. The highest BCUT2D eigenvalue weighted by atomic mass is 19.2. The highest BCUT2D eigenvalue weighted by Crippen LogP contribution is 2.29. The molecule has 5 rings (SSSR count). The Kier molecular flexibility index (Phi) is 4.05. The van der Waals surface area contributed by atoms with E-state index in [1.807, 2.05) is 43.3 Å². The van der Waals surface area contributed by atoms with E-state index in [0.29, 0.717) is 11.9 Å². The SMILES string of the molecule is Cc1ccncc1-c1nc2ccccc2n1Cc1ccnc2c(F)c(F)ccc12. The van der Waals surface area contributed by atoms with Gasteiger partial charge in [-0.15, -0.1) is 0 Å². The molecule has 3 aromatic heterocycles. The molecule has 0 bridgehead atoms. The minimum absolute atomic E-state index is 0.0334. The highest BCUT2D eigenvalue weighted by Gasteiger charge is 2.17. The van der Waals surface area contributed by atoms with Gasteiger partial charge in [-0.2, -0.15) is 0 Å². The fourth-order valence-electron chi connectivity index (χ4n) is 3.66. The Labute approximate surface area is 165 Å². The first-order valence-corrected chi connectivity index (χ1v) is 9.21. The number of rotatable bonds is 3. The molecule has 0 aliphatic heterocycles. The third-order valence-corrected chi connectivity index (χ3v) is 5.16. The van der Waals surface area contributed by atoms with E-state index in [1.165, 1.54) is 6.20 Å². The van der Waals surface area contributed by atoms with Crippen molar-refractivity contribution in [3.05, 3.63) is 89.9 Å². The zero-order chi connectivity index (χ0) is 20.0. The van der Waals surface area contributed by atoms with E-state index in [4.69, 9.17) is 4.98 Å². The average Bonchev–Trinajstić information content (AvgIpc) is 3.10. The number of aromatic nitrogens is 4. The summed E-state index contributed by atoms with van der Waals surface area (Å²) in [5.41, 5.74) is 4.68.